The molecule has 1 aromatic carbocycles. The SMILES string of the molecule is COc1ccc2c(c1)CCc1cc(C#N)c(NN)nc1-2. The number of aromatic nitrogens is 1. The van der Waals surface area contributed by atoms with Gasteiger partial charge in [0.05, 0.1) is 18.4 Å². The van der Waals surface area contributed by atoms with Crippen molar-refractivity contribution >= 4 is 5.82 Å². The molecule has 0 spiro atoms. The monoisotopic (exact) mass is 266 g/mol. The third-order valence-electron chi connectivity index (χ3n) is 3.59. The van der Waals surface area contributed by atoms with Gasteiger partial charge in [-0.25, -0.2) is 10.8 Å². The zero-order valence-corrected chi connectivity index (χ0v) is 11.1. The van der Waals surface area contributed by atoms with Crippen LogP contribution in [0.3, 0.4) is 0 Å². The van der Waals surface area contributed by atoms with Crippen LogP contribution in [0.5, 0.6) is 5.75 Å². The number of fused-ring (bicyclic) bond motifs is 3. The molecule has 3 N–H and O–H groups in total. The van der Waals surface area contributed by atoms with E-state index < -0.39 is 0 Å². The second kappa shape index (κ2) is 4.83. The minimum Gasteiger partial charge on any atom is -0.497 e. The lowest BCUT2D eigenvalue weighted by Crippen LogP contribution is -2.14. The van der Waals surface area contributed by atoms with Gasteiger partial charge in [-0.1, -0.05) is 0 Å². The van der Waals surface area contributed by atoms with Crippen molar-refractivity contribution in [2.24, 2.45) is 5.84 Å². The number of nitrogens with zero attached hydrogens (tertiary/aromatic N) is 2. The van der Waals surface area contributed by atoms with Crippen LogP contribution in [0.2, 0.25) is 0 Å². The summed E-state index contributed by atoms with van der Waals surface area (Å²) in [5.74, 6) is 6.70. The van der Waals surface area contributed by atoms with Crippen molar-refractivity contribution in [3.63, 3.8) is 0 Å². The number of nitrogens with one attached hydrogen (secondary N) is 1. The number of rotatable bonds is 2. The van der Waals surface area contributed by atoms with Gasteiger partial charge in [0.2, 0.25) is 0 Å². The second-order valence-corrected chi connectivity index (χ2v) is 4.67. The van der Waals surface area contributed by atoms with Gasteiger partial charge in [0.1, 0.15) is 11.8 Å². The first-order valence-corrected chi connectivity index (χ1v) is 6.34. The number of nitrogen functional groups attached to an aromatic ring is 1. The smallest absolute Gasteiger partial charge is 0.158 e. The van der Waals surface area contributed by atoms with Gasteiger partial charge in [0, 0.05) is 5.56 Å². The number of aryl methyl sites for hydroxylation is 2. The molecular formula is C15H14N4O. The summed E-state index contributed by atoms with van der Waals surface area (Å²) in [6.07, 6.45) is 1.78. The Balaban J connectivity index is 2.19. The molecule has 5 heteroatoms. The van der Waals surface area contributed by atoms with Gasteiger partial charge in [-0.15, -0.1) is 0 Å². The maximum absolute atomic E-state index is 9.11. The van der Waals surface area contributed by atoms with Gasteiger partial charge in [0.25, 0.3) is 0 Å². The molecule has 100 valence electrons. The number of hydrogen-bond acceptors (Lipinski definition) is 5. The van der Waals surface area contributed by atoms with Gasteiger partial charge in [-0.05, 0) is 48.2 Å². The molecule has 0 fully saturated rings. The quantitative estimate of drug-likeness (QED) is 0.641. The average Bonchev–Trinajstić information content (AvgIpc) is 2.52. The Kier molecular flexibility index (Phi) is 3.01. The molecular weight excluding hydrogens is 252 g/mol. The maximum Gasteiger partial charge on any atom is 0.158 e. The molecule has 1 aliphatic rings. The highest BCUT2D eigenvalue weighted by Crippen LogP contribution is 2.35. The van der Waals surface area contributed by atoms with Crippen LogP contribution in [0.1, 0.15) is 16.7 Å². The molecule has 0 atom stereocenters. The van der Waals surface area contributed by atoms with Crippen LogP contribution >= 0.6 is 0 Å². The van der Waals surface area contributed by atoms with Crippen molar-refractivity contribution in [1.29, 1.82) is 5.26 Å². The number of hydrazine groups is 1. The largest absolute Gasteiger partial charge is 0.497 e. The summed E-state index contributed by atoms with van der Waals surface area (Å²) in [7, 11) is 1.66. The van der Waals surface area contributed by atoms with E-state index in [9.17, 15) is 0 Å². The van der Waals surface area contributed by atoms with E-state index in [2.05, 4.69) is 16.5 Å². The highest BCUT2D eigenvalue weighted by molar-refractivity contribution is 5.73. The van der Waals surface area contributed by atoms with E-state index in [4.69, 9.17) is 15.8 Å². The first kappa shape index (κ1) is 12.5. The summed E-state index contributed by atoms with van der Waals surface area (Å²) in [4.78, 5) is 4.50. The van der Waals surface area contributed by atoms with Gasteiger partial charge >= 0.3 is 0 Å². The zero-order chi connectivity index (χ0) is 14.1. The molecule has 2 aromatic rings. The molecule has 0 radical (unpaired) electrons. The van der Waals surface area contributed by atoms with Crippen LogP contribution in [-0.4, -0.2) is 12.1 Å². The predicted octanol–water partition coefficient (Wildman–Crippen LogP) is 2.01. The van der Waals surface area contributed by atoms with Crippen molar-refractivity contribution in [1.82, 2.24) is 4.98 Å². The van der Waals surface area contributed by atoms with Crippen molar-refractivity contribution < 1.29 is 4.74 Å². The summed E-state index contributed by atoms with van der Waals surface area (Å²) in [5, 5.41) is 9.11. The van der Waals surface area contributed by atoms with Crippen molar-refractivity contribution in [3.8, 4) is 23.1 Å². The highest BCUT2D eigenvalue weighted by Gasteiger charge is 2.20. The molecule has 5 nitrogen and oxygen atoms in total. The normalized spacial score (nSPS) is 12.1. The average molecular weight is 266 g/mol. The summed E-state index contributed by atoms with van der Waals surface area (Å²) in [6, 6.07) is 9.94. The summed E-state index contributed by atoms with van der Waals surface area (Å²) in [5.41, 5.74) is 7.22. The predicted molar refractivity (Wildman–Crippen MR) is 76.2 cm³/mol. The van der Waals surface area contributed by atoms with Crippen molar-refractivity contribution in [3.05, 3.63) is 41.0 Å². The number of nitriles is 1. The molecule has 0 aliphatic heterocycles. The van der Waals surface area contributed by atoms with E-state index in [1.807, 2.05) is 24.3 Å². The van der Waals surface area contributed by atoms with Gasteiger partial charge in [0.15, 0.2) is 5.82 Å². The minimum atomic E-state index is 0.412. The van der Waals surface area contributed by atoms with Crippen LogP contribution in [-0.2, 0) is 12.8 Å². The lowest BCUT2D eigenvalue weighted by atomic mass is 9.88. The van der Waals surface area contributed by atoms with Gasteiger partial charge in [-0.2, -0.15) is 5.26 Å². The van der Waals surface area contributed by atoms with E-state index in [1.165, 1.54) is 5.56 Å². The van der Waals surface area contributed by atoms with E-state index in [-0.39, 0.29) is 0 Å². The molecule has 0 amide bonds. The van der Waals surface area contributed by atoms with E-state index in [1.54, 1.807) is 7.11 Å². The fraction of sp³-hybridized carbons (Fsp3) is 0.200. The first-order chi connectivity index (χ1) is 9.76. The molecule has 1 aliphatic carbocycles. The Hall–Kier alpha value is -2.58. The fourth-order valence-corrected chi connectivity index (χ4v) is 2.58. The molecule has 0 saturated carbocycles. The van der Waals surface area contributed by atoms with Crippen LogP contribution in [0, 0.1) is 11.3 Å². The fourth-order valence-electron chi connectivity index (χ4n) is 2.58. The Morgan fingerprint density at radius 3 is 2.80 bits per heavy atom. The third kappa shape index (κ3) is 1.87. The van der Waals surface area contributed by atoms with Gasteiger partial charge < -0.3 is 10.2 Å². The zero-order valence-electron chi connectivity index (χ0n) is 11.1. The van der Waals surface area contributed by atoms with Crippen molar-refractivity contribution in [2.45, 2.75) is 12.8 Å². The Labute approximate surface area is 117 Å². The Morgan fingerprint density at radius 2 is 2.10 bits per heavy atom. The highest BCUT2D eigenvalue weighted by atomic mass is 16.5. The number of ether oxygens (including phenoxy) is 1. The summed E-state index contributed by atoms with van der Waals surface area (Å²) >= 11 is 0. The van der Waals surface area contributed by atoms with Crippen LogP contribution < -0.4 is 16.0 Å². The molecule has 0 bridgehead atoms. The minimum absolute atomic E-state index is 0.412. The van der Waals surface area contributed by atoms with E-state index >= 15 is 0 Å². The maximum atomic E-state index is 9.11. The van der Waals surface area contributed by atoms with E-state index in [0.717, 1.165) is 35.4 Å². The second-order valence-electron chi connectivity index (χ2n) is 4.67. The molecule has 1 heterocycles. The Bertz CT molecular complexity index is 719. The number of pyridine rings is 1. The van der Waals surface area contributed by atoms with Crippen LogP contribution in [0.25, 0.3) is 11.3 Å². The number of methoxy groups -OCH3 is 1. The third-order valence-corrected chi connectivity index (χ3v) is 3.59. The summed E-state index contributed by atoms with van der Waals surface area (Å²) in [6.45, 7) is 0. The molecule has 1 aromatic heterocycles. The topological polar surface area (TPSA) is 84.0 Å². The molecule has 3 rings (SSSR count). The molecule has 0 unspecified atom stereocenters. The lowest BCUT2D eigenvalue weighted by Gasteiger charge is -2.20. The number of hydrogen-bond donors (Lipinski definition) is 2. The van der Waals surface area contributed by atoms with E-state index in [0.29, 0.717) is 11.4 Å². The van der Waals surface area contributed by atoms with Crippen LogP contribution in [0.4, 0.5) is 5.82 Å². The number of nitrogens with two attached hydrogens (primary N) is 1. The number of anilines is 1. The first-order valence-electron chi connectivity index (χ1n) is 6.34. The Morgan fingerprint density at radius 1 is 1.30 bits per heavy atom. The van der Waals surface area contributed by atoms with Crippen LogP contribution in [0.15, 0.2) is 24.3 Å². The lowest BCUT2D eigenvalue weighted by molar-refractivity contribution is 0.414. The molecule has 20 heavy (non-hydrogen) atoms. The summed E-state index contributed by atoms with van der Waals surface area (Å²) < 4.78 is 5.25. The number of benzene rings is 1. The standard InChI is InChI=1S/C15H14N4O/c1-20-12-4-5-13-9(7-12)2-3-10-6-11(8-16)15(19-17)18-14(10)13/h4-7H,2-3,17H2,1H3,(H,18,19). The van der Waals surface area contributed by atoms with Crippen molar-refractivity contribution in [2.75, 3.05) is 12.5 Å². The van der Waals surface area contributed by atoms with Gasteiger partial charge in [-0.3, -0.25) is 0 Å². The molecule has 0 saturated heterocycles.